The largest absolute Gasteiger partial charge is 0.338 e. The van der Waals surface area contributed by atoms with Gasteiger partial charge in [0.15, 0.2) is 0 Å². The second kappa shape index (κ2) is 9.05. The molecule has 0 aliphatic carbocycles. The molecular formula is C22H27N3O. The van der Waals surface area contributed by atoms with Crippen molar-refractivity contribution >= 4 is 6.03 Å². The van der Waals surface area contributed by atoms with Crippen molar-refractivity contribution in [1.82, 2.24) is 10.6 Å². The van der Waals surface area contributed by atoms with E-state index in [-0.39, 0.29) is 12.1 Å². The Morgan fingerprint density at radius 3 is 1.92 bits per heavy atom. The molecule has 0 radical (unpaired) electrons. The van der Waals surface area contributed by atoms with Crippen molar-refractivity contribution < 1.29 is 4.79 Å². The summed E-state index contributed by atoms with van der Waals surface area (Å²) in [6, 6.07) is 21.4. The number of urea groups is 1. The van der Waals surface area contributed by atoms with Crippen LogP contribution in [0.4, 0.5) is 4.79 Å². The van der Waals surface area contributed by atoms with E-state index in [1.807, 2.05) is 67.6 Å². The van der Waals surface area contributed by atoms with Crippen LogP contribution in [0.3, 0.4) is 0 Å². The number of hydrogen-bond donors (Lipinski definition) is 2. The van der Waals surface area contributed by atoms with Crippen molar-refractivity contribution in [3.63, 3.8) is 0 Å². The summed E-state index contributed by atoms with van der Waals surface area (Å²) in [7, 11) is 0. The predicted octanol–water partition coefficient (Wildman–Crippen LogP) is 4.23. The summed E-state index contributed by atoms with van der Waals surface area (Å²) in [5, 5.41) is 16.2. The maximum absolute atomic E-state index is 12.3. The lowest BCUT2D eigenvalue weighted by Crippen LogP contribution is -2.53. The number of carbonyl (C=O) groups is 1. The fourth-order valence-electron chi connectivity index (χ4n) is 3.36. The molecule has 0 aliphatic heterocycles. The molecule has 2 rings (SSSR count). The molecule has 1 atom stereocenters. The Kier molecular flexibility index (Phi) is 6.80. The van der Waals surface area contributed by atoms with E-state index in [4.69, 9.17) is 0 Å². The van der Waals surface area contributed by atoms with Crippen LogP contribution in [-0.4, -0.2) is 18.6 Å². The van der Waals surface area contributed by atoms with Crippen LogP contribution in [0.25, 0.3) is 0 Å². The standard InChI is InChI=1S/C22H27N3O/c1-4-24-21(26)25-20(15-17(2)3)22(16-23,18-11-7-5-8-12-18)19-13-9-6-10-14-19/h5-14,17,20H,4,15H2,1-3H3,(H2,24,25,26)/t20-/m0/s1. The minimum absolute atomic E-state index is 0.246. The number of carbonyl (C=O) groups excluding carboxylic acids is 1. The number of rotatable bonds is 7. The summed E-state index contributed by atoms with van der Waals surface area (Å²) in [4.78, 5) is 12.3. The Labute approximate surface area is 156 Å². The van der Waals surface area contributed by atoms with Gasteiger partial charge in [-0.05, 0) is 30.4 Å². The van der Waals surface area contributed by atoms with Gasteiger partial charge in [0.05, 0.1) is 12.1 Å². The maximum atomic E-state index is 12.3. The summed E-state index contributed by atoms with van der Waals surface area (Å²) < 4.78 is 0. The molecule has 2 aromatic carbocycles. The van der Waals surface area contributed by atoms with Gasteiger partial charge in [0.25, 0.3) is 0 Å². The van der Waals surface area contributed by atoms with E-state index in [0.717, 1.165) is 11.1 Å². The van der Waals surface area contributed by atoms with Crippen molar-refractivity contribution in [3.8, 4) is 6.07 Å². The fraction of sp³-hybridized carbons (Fsp3) is 0.364. The molecule has 0 spiro atoms. The van der Waals surface area contributed by atoms with Crippen LogP contribution in [0.1, 0.15) is 38.3 Å². The molecule has 0 aliphatic rings. The number of nitriles is 1. The summed E-state index contributed by atoms with van der Waals surface area (Å²) in [5.41, 5.74) is 0.810. The molecule has 2 amide bonds. The van der Waals surface area contributed by atoms with E-state index in [9.17, 15) is 10.1 Å². The first kappa shape index (κ1) is 19.5. The van der Waals surface area contributed by atoms with Crippen LogP contribution in [0.5, 0.6) is 0 Å². The highest BCUT2D eigenvalue weighted by Crippen LogP contribution is 2.37. The Morgan fingerprint density at radius 1 is 1.04 bits per heavy atom. The number of amides is 2. The molecule has 0 fully saturated rings. The molecule has 0 bridgehead atoms. The van der Waals surface area contributed by atoms with Crippen LogP contribution in [0, 0.1) is 17.2 Å². The molecule has 0 heterocycles. The van der Waals surface area contributed by atoms with Crippen LogP contribution < -0.4 is 10.6 Å². The summed E-state index contributed by atoms with van der Waals surface area (Å²) in [5.74, 6) is 0.321. The average molecular weight is 349 g/mol. The topological polar surface area (TPSA) is 64.9 Å². The number of nitrogens with one attached hydrogen (secondary N) is 2. The molecule has 2 N–H and O–H groups in total. The lowest BCUT2D eigenvalue weighted by atomic mass is 9.68. The van der Waals surface area contributed by atoms with Crippen molar-refractivity contribution in [3.05, 3.63) is 71.8 Å². The van der Waals surface area contributed by atoms with E-state index in [1.54, 1.807) is 0 Å². The highest BCUT2D eigenvalue weighted by Gasteiger charge is 2.43. The number of nitrogens with zero attached hydrogens (tertiary/aromatic N) is 1. The van der Waals surface area contributed by atoms with E-state index in [0.29, 0.717) is 18.9 Å². The second-order valence-electron chi connectivity index (χ2n) is 6.84. The molecule has 4 heteroatoms. The van der Waals surface area contributed by atoms with E-state index < -0.39 is 5.41 Å². The Morgan fingerprint density at radius 2 is 1.54 bits per heavy atom. The zero-order valence-electron chi connectivity index (χ0n) is 15.7. The molecule has 0 aromatic heterocycles. The van der Waals surface area contributed by atoms with E-state index in [2.05, 4.69) is 30.6 Å². The van der Waals surface area contributed by atoms with Gasteiger partial charge in [-0.1, -0.05) is 74.5 Å². The third kappa shape index (κ3) is 4.23. The normalized spacial score (nSPS) is 12.3. The first-order valence-electron chi connectivity index (χ1n) is 9.11. The van der Waals surface area contributed by atoms with Gasteiger partial charge < -0.3 is 10.6 Å². The predicted molar refractivity (Wildman–Crippen MR) is 105 cm³/mol. The SMILES string of the molecule is CCNC(=O)N[C@@H](CC(C)C)C(C#N)(c1ccccc1)c1ccccc1. The van der Waals surface area contributed by atoms with Crippen LogP contribution in [0.2, 0.25) is 0 Å². The Bertz CT molecular complexity index is 695. The summed E-state index contributed by atoms with van der Waals surface area (Å²) in [6.07, 6.45) is 0.689. The lowest BCUT2D eigenvalue weighted by Gasteiger charge is -2.37. The third-order valence-electron chi connectivity index (χ3n) is 4.51. The molecule has 26 heavy (non-hydrogen) atoms. The molecular weight excluding hydrogens is 322 g/mol. The van der Waals surface area contributed by atoms with Gasteiger partial charge in [-0.3, -0.25) is 0 Å². The molecule has 0 saturated heterocycles. The van der Waals surface area contributed by atoms with Crippen LogP contribution >= 0.6 is 0 Å². The fourth-order valence-corrected chi connectivity index (χ4v) is 3.36. The number of benzene rings is 2. The summed E-state index contributed by atoms with van der Waals surface area (Å²) >= 11 is 0. The quantitative estimate of drug-likeness (QED) is 0.785. The van der Waals surface area contributed by atoms with Gasteiger partial charge in [-0.25, -0.2) is 4.79 Å². The Hall–Kier alpha value is -2.80. The molecule has 2 aromatic rings. The molecule has 0 saturated carbocycles. The van der Waals surface area contributed by atoms with Gasteiger partial charge in [-0.15, -0.1) is 0 Å². The first-order chi connectivity index (χ1) is 12.5. The van der Waals surface area contributed by atoms with Crippen molar-refractivity contribution in [2.24, 2.45) is 5.92 Å². The van der Waals surface area contributed by atoms with Crippen LogP contribution in [0.15, 0.2) is 60.7 Å². The Balaban J connectivity index is 2.62. The molecule has 4 nitrogen and oxygen atoms in total. The van der Waals surface area contributed by atoms with Gasteiger partial charge in [0.1, 0.15) is 5.41 Å². The van der Waals surface area contributed by atoms with Gasteiger partial charge >= 0.3 is 6.03 Å². The zero-order valence-corrected chi connectivity index (χ0v) is 15.7. The number of hydrogen-bond acceptors (Lipinski definition) is 2. The minimum Gasteiger partial charge on any atom is -0.338 e. The monoisotopic (exact) mass is 349 g/mol. The highest BCUT2D eigenvalue weighted by molar-refractivity contribution is 5.75. The van der Waals surface area contributed by atoms with E-state index >= 15 is 0 Å². The van der Waals surface area contributed by atoms with Crippen molar-refractivity contribution in [2.45, 2.75) is 38.6 Å². The van der Waals surface area contributed by atoms with Gasteiger partial charge in [0.2, 0.25) is 0 Å². The van der Waals surface area contributed by atoms with Crippen LogP contribution in [-0.2, 0) is 5.41 Å². The second-order valence-corrected chi connectivity index (χ2v) is 6.84. The molecule has 136 valence electrons. The van der Waals surface area contributed by atoms with Gasteiger partial charge in [0, 0.05) is 6.54 Å². The van der Waals surface area contributed by atoms with Gasteiger partial charge in [-0.2, -0.15) is 5.26 Å². The van der Waals surface area contributed by atoms with Crippen molar-refractivity contribution in [2.75, 3.05) is 6.54 Å². The van der Waals surface area contributed by atoms with Crippen molar-refractivity contribution in [1.29, 1.82) is 5.26 Å². The maximum Gasteiger partial charge on any atom is 0.315 e. The third-order valence-corrected chi connectivity index (χ3v) is 4.51. The van der Waals surface area contributed by atoms with E-state index in [1.165, 1.54) is 0 Å². The molecule has 0 unspecified atom stereocenters. The lowest BCUT2D eigenvalue weighted by molar-refractivity contribution is 0.230. The smallest absolute Gasteiger partial charge is 0.315 e. The minimum atomic E-state index is -0.960. The first-order valence-corrected chi connectivity index (χ1v) is 9.11. The average Bonchev–Trinajstić information content (AvgIpc) is 2.64. The zero-order chi connectivity index (χ0) is 19.0. The summed E-state index contributed by atoms with van der Waals surface area (Å²) in [6.45, 7) is 6.62. The highest BCUT2D eigenvalue weighted by atomic mass is 16.2.